The predicted molar refractivity (Wildman–Crippen MR) is 108 cm³/mol. The maximum atomic E-state index is 13.4. The van der Waals surface area contributed by atoms with Gasteiger partial charge in [-0.05, 0) is 42.9 Å². The molecule has 1 aliphatic heterocycles. The largest absolute Gasteiger partial charge is 0.356 e. The summed E-state index contributed by atoms with van der Waals surface area (Å²) in [6, 6.07) is 4.06. The molecule has 0 aliphatic carbocycles. The summed E-state index contributed by atoms with van der Waals surface area (Å²) in [4.78, 5) is 4.21. The number of hydrogen-bond acceptors (Lipinski definition) is 3. The zero-order valence-corrected chi connectivity index (χ0v) is 17.5. The second-order valence-electron chi connectivity index (χ2n) is 7.16. The molecule has 1 fully saturated rings. The van der Waals surface area contributed by atoms with E-state index in [1.807, 2.05) is 13.8 Å². The van der Waals surface area contributed by atoms with Crippen LogP contribution in [0.25, 0.3) is 0 Å². The molecule has 2 N–H and O–H groups in total. The summed E-state index contributed by atoms with van der Waals surface area (Å²) < 4.78 is 52.3. The fraction of sp³-hybridized carbons (Fsp3) is 0.632. The third kappa shape index (κ3) is 6.13. The van der Waals surface area contributed by atoms with E-state index >= 15 is 0 Å². The number of halogens is 2. The van der Waals surface area contributed by atoms with Crippen LogP contribution >= 0.6 is 0 Å². The molecule has 2 rings (SSSR count). The molecule has 28 heavy (non-hydrogen) atoms. The average Bonchev–Trinajstić information content (AvgIpc) is 2.67. The van der Waals surface area contributed by atoms with Crippen molar-refractivity contribution < 1.29 is 17.2 Å². The topological polar surface area (TPSA) is 73.8 Å². The van der Waals surface area contributed by atoms with Crippen molar-refractivity contribution in [1.29, 1.82) is 0 Å². The Labute approximate surface area is 166 Å². The number of sulfonamides is 1. The molecule has 0 spiro atoms. The maximum absolute atomic E-state index is 13.4. The van der Waals surface area contributed by atoms with Crippen molar-refractivity contribution in [1.82, 2.24) is 14.9 Å². The van der Waals surface area contributed by atoms with Crippen LogP contribution in [0.15, 0.2) is 23.2 Å². The van der Waals surface area contributed by atoms with E-state index in [1.165, 1.54) is 6.07 Å². The second kappa shape index (κ2) is 10.2. The molecule has 1 aromatic carbocycles. The molecule has 0 bridgehead atoms. The van der Waals surface area contributed by atoms with Crippen LogP contribution < -0.4 is 10.6 Å². The lowest BCUT2D eigenvalue weighted by molar-refractivity contribution is 0.306. The van der Waals surface area contributed by atoms with Gasteiger partial charge in [-0.3, -0.25) is 4.99 Å². The van der Waals surface area contributed by atoms with Crippen LogP contribution in [0, 0.1) is 11.6 Å². The van der Waals surface area contributed by atoms with Crippen molar-refractivity contribution in [3.05, 3.63) is 35.4 Å². The van der Waals surface area contributed by atoms with Gasteiger partial charge in [-0.2, -0.15) is 0 Å². The van der Waals surface area contributed by atoms with Crippen molar-refractivity contribution >= 4 is 16.0 Å². The third-order valence-corrected chi connectivity index (χ3v) is 7.04. The second-order valence-corrected chi connectivity index (χ2v) is 9.25. The molecule has 158 valence electrons. The zero-order valence-electron chi connectivity index (χ0n) is 16.7. The highest BCUT2D eigenvalue weighted by Gasteiger charge is 2.27. The summed E-state index contributed by atoms with van der Waals surface area (Å²) in [6.45, 7) is 5.30. The summed E-state index contributed by atoms with van der Waals surface area (Å²) >= 11 is 0. The minimum absolute atomic E-state index is 0.0327. The first-order valence-corrected chi connectivity index (χ1v) is 11.3. The molecule has 1 aliphatic rings. The molecule has 1 saturated heterocycles. The molecule has 9 heteroatoms. The van der Waals surface area contributed by atoms with Gasteiger partial charge in [0.05, 0.1) is 5.75 Å². The van der Waals surface area contributed by atoms with Gasteiger partial charge < -0.3 is 10.6 Å². The molecule has 0 amide bonds. The number of nitrogens with one attached hydrogen (secondary N) is 2. The van der Waals surface area contributed by atoms with E-state index in [-0.39, 0.29) is 17.7 Å². The van der Waals surface area contributed by atoms with Gasteiger partial charge in [0.1, 0.15) is 0 Å². The standard InChI is InChI=1S/C19H30F2N4O2S/c1-4-11-28(26,27)25-9-7-16(8-10-25)24-19(22-3)23-13-14(2)15-5-6-17(20)18(21)12-15/h5-6,12,14,16H,4,7-11,13H2,1-3H3,(H2,22,23,24). The monoisotopic (exact) mass is 416 g/mol. The Bertz CT molecular complexity index is 778. The Morgan fingerprint density at radius 3 is 2.54 bits per heavy atom. The van der Waals surface area contributed by atoms with E-state index < -0.39 is 21.7 Å². The lowest BCUT2D eigenvalue weighted by Crippen LogP contribution is -2.50. The van der Waals surface area contributed by atoms with Gasteiger partial charge in [0, 0.05) is 32.7 Å². The highest BCUT2D eigenvalue weighted by molar-refractivity contribution is 7.89. The first-order chi connectivity index (χ1) is 13.3. The van der Waals surface area contributed by atoms with Crippen LogP contribution in [0.5, 0.6) is 0 Å². The summed E-state index contributed by atoms with van der Waals surface area (Å²) in [7, 11) is -1.48. The number of benzene rings is 1. The molecule has 1 aromatic rings. The number of hydrogen-bond donors (Lipinski definition) is 2. The fourth-order valence-electron chi connectivity index (χ4n) is 3.24. The lowest BCUT2D eigenvalue weighted by Gasteiger charge is -2.32. The van der Waals surface area contributed by atoms with E-state index in [4.69, 9.17) is 0 Å². The van der Waals surface area contributed by atoms with Gasteiger partial charge in [-0.25, -0.2) is 21.5 Å². The van der Waals surface area contributed by atoms with Crippen LogP contribution in [0.1, 0.15) is 44.6 Å². The fourth-order valence-corrected chi connectivity index (χ4v) is 4.78. The minimum Gasteiger partial charge on any atom is -0.356 e. The highest BCUT2D eigenvalue weighted by atomic mass is 32.2. The van der Waals surface area contributed by atoms with Crippen LogP contribution in [0.2, 0.25) is 0 Å². The number of aliphatic imine (C=N–C) groups is 1. The molecule has 6 nitrogen and oxygen atoms in total. The van der Waals surface area contributed by atoms with Crippen molar-refractivity contribution in [2.24, 2.45) is 4.99 Å². The minimum atomic E-state index is -3.15. The first-order valence-electron chi connectivity index (χ1n) is 9.66. The Balaban J connectivity index is 1.82. The van der Waals surface area contributed by atoms with Gasteiger partial charge in [0.2, 0.25) is 10.0 Å². The van der Waals surface area contributed by atoms with Gasteiger partial charge >= 0.3 is 0 Å². The van der Waals surface area contributed by atoms with Crippen molar-refractivity contribution in [3.8, 4) is 0 Å². The smallest absolute Gasteiger partial charge is 0.214 e. The van der Waals surface area contributed by atoms with E-state index in [0.29, 0.717) is 50.4 Å². The van der Waals surface area contributed by atoms with E-state index in [1.54, 1.807) is 17.4 Å². The molecule has 1 heterocycles. The number of rotatable bonds is 7. The molecule has 1 unspecified atom stereocenters. The quantitative estimate of drug-likeness (QED) is 0.529. The number of nitrogens with zero attached hydrogens (tertiary/aromatic N) is 2. The Morgan fingerprint density at radius 2 is 1.96 bits per heavy atom. The Hall–Kier alpha value is -1.74. The van der Waals surface area contributed by atoms with Gasteiger partial charge in [-0.15, -0.1) is 0 Å². The SMILES string of the molecule is CCCS(=O)(=O)N1CCC(NC(=NC)NCC(C)c2ccc(F)c(F)c2)CC1. The van der Waals surface area contributed by atoms with Crippen molar-refractivity contribution in [3.63, 3.8) is 0 Å². The zero-order chi connectivity index (χ0) is 20.7. The van der Waals surface area contributed by atoms with Crippen LogP contribution in [-0.4, -0.2) is 57.2 Å². The predicted octanol–water partition coefficient (Wildman–Crippen LogP) is 2.44. The molecule has 0 saturated carbocycles. The van der Waals surface area contributed by atoms with Crippen LogP contribution in [-0.2, 0) is 10.0 Å². The summed E-state index contributed by atoms with van der Waals surface area (Å²) in [5, 5.41) is 6.52. The molecular weight excluding hydrogens is 386 g/mol. The van der Waals surface area contributed by atoms with E-state index in [2.05, 4.69) is 15.6 Å². The first kappa shape index (κ1) is 22.5. The Morgan fingerprint density at radius 1 is 1.29 bits per heavy atom. The molecule has 0 aromatic heterocycles. The Kier molecular flexibility index (Phi) is 8.18. The van der Waals surface area contributed by atoms with Crippen LogP contribution in [0.3, 0.4) is 0 Å². The number of guanidine groups is 1. The highest BCUT2D eigenvalue weighted by Crippen LogP contribution is 2.18. The number of piperidine rings is 1. The van der Waals surface area contributed by atoms with Gasteiger partial charge in [0.25, 0.3) is 0 Å². The van der Waals surface area contributed by atoms with E-state index in [9.17, 15) is 17.2 Å². The third-order valence-electron chi connectivity index (χ3n) is 4.96. The molecule has 1 atom stereocenters. The van der Waals surface area contributed by atoms with Crippen molar-refractivity contribution in [2.75, 3.05) is 32.4 Å². The average molecular weight is 417 g/mol. The molecular formula is C19H30F2N4O2S. The van der Waals surface area contributed by atoms with Crippen molar-refractivity contribution in [2.45, 2.75) is 45.1 Å². The van der Waals surface area contributed by atoms with Gasteiger partial charge in [-0.1, -0.05) is 19.9 Å². The summed E-state index contributed by atoms with van der Waals surface area (Å²) in [5.74, 6) is -0.930. The summed E-state index contributed by atoms with van der Waals surface area (Å²) in [5.41, 5.74) is 0.705. The van der Waals surface area contributed by atoms with E-state index in [0.717, 1.165) is 6.07 Å². The summed E-state index contributed by atoms with van der Waals surface area (Å²) in [6.07, 6.45) is 2.04. The normalized spacial score (nSPS) is 18.1. The van der Waals surface area contributed by atoms with Gasteiger partial charge in [0.15, 0.2) is 17.6 Å². The lowest BCUT2D eigenvalue weighted by atomic mass is 10.0. The maximum Gasteiger partial charge on any atom is 0.214 e. The molecule has 0 radical (unpaired) electrons. The van der Waals surface area contributed by atoms with Crippen LogP contribution in [0.4, 0.5) is 8.78 Å².